The average Bonchev–Trinajstić information content (AvgIpc) is 2.48. The van der Waals surface area contributed by atoms with Crippen molar-refractivity contribution in [2.75, 3.05) is 0 Å². The summed E-state index contributed by atoms with van der Waals surface area (Å²) >= 11 is 0. The molecule has 1 aliphatic carbocycles. The van der Waals surface area contributed by atoms with E-state index in [0.717, 1.165) is 24.8 Å². The second-order valence-electron chi connectivity index (χ2n) is 6.07. The first-order valence-corrected chi connectivity index (χ1v) is 7.38. The van der Waals surface area contributed by atoms with Gasteiger partial charge < -0.3 is 5.11 Å². The number of rotatable bonds is 3. The summed E-state index contributed by atoms with van der Waals surface area (Å²) in [5, 5.41) is 20.3. The highest BCUT2D eigenvalue weighted by Gasteiger charge is 2.43. The van der Waals surface area contributed by atoms with E-state index < -0.39 is 17.3 Å². The summed E-state index contributed by atoms with van der Waals surface area (Å²) in [6, 6.07) is 7.03. The molecule has 0 spiro atoms. The van der Waals surface area contributed by atoms with Crippen LogP contribution in [0.25, 0.3) is 0 Å². The number of aryl methyl sites for hydroxylation is 1. The minimum atomic E-state index is -1.04. The zero-order valence-corrected chi connectivity index (χ0v) is 12.2. The van der Waals surface area contributed by atoms with Crippen LogP contribution in [0.4, 0.5) is 4.39 Å². The molecule has 1 aliphatic rings. The highest BCUT2D eigenvalue weighted by Crippen LogP contribution is 2.48. The molecule has 1 saturated carbocycles. The zero-order chi connectivity index (χ0) is 14.8. The number of nitrogens with zero attached hydrogens (tertiary/aromatic N) is 1. The van der Waals surface area contributed by atoms with Gasteiger partial charge in [0.05, 0.1) is 11.5 Å². The van der Waals surface area contributed by atoms with E-state index in [4.69, 9.17) is 0 Å². The summed E-state index contributed by atoms with van der Waals surface area (Å²) in [4.78, 5) is 0. The number of benzene rings is 1. The molecule has 1 N–H and O–H groups in total. The monoisotopic (exact) mass is 275 g/mol. The molecule has 0 radical (unpaired) electrons. The van der Waals surface area contributed by atoms with Crippen LogP contribution in [0.5, 0.6) is 0 Å². The van der Waals surface area contributed by atoms with Crippen LogP contribution < -0.4 is 0 Å². The molecular formula is C17H22FNO. The Morgan fingerprint density at radius 3 is 2.95 bits per heavy atom. The van der Waals surface area contributed by atoms with Crippen LogP contribution >= 0.6 is 0 Å². The lowest BCUT2D eigenvalue weighted by Crippen LogP contribution is -2.34. The molecule has 0 aromatic heterocycles. The maximum absolute atomic E-state index is 14.0. The van der Waals surface area contributed by atoms with Crippen LogP contribution in [0, 0.1) is 35.4 Å². The highest BCUT2D eigenvalue weighted by molar-refractivity contribution is 5.29. The fourth-order valence-electron chi connectivity index (χ4n) is 3.36. The van der Waals surface area contributed by atoms with Crippen molar-refractivity contribution in [1.82, 2.24) is 0 Å². The second kappa shape index (κ2) is 5.93. The van der Waals surface area contributed by atoms with Crippen molar-refractivity contribution in [3.63, 3.8) is 0 Å². The molecule has 2 nitrogen and oxygen atoms in total. The first-order chi connectivity index (χ1) is 9.52. The van der Waals surface area contributed by atoms with Crippen molar-refractivity contribution in [3.05, 3.63) is 35.1 Å². The second-order valence-corrected chi connectivity index (χ2v) is 6.07. The molecule has 2 rings (SSSR count). The summed E-state index contributed by atoms with van der Waals surface area (Å²) in [6.07, 6.45) is 3.30. The van der Waals surface area contributed by atoms with Crippen LogP contribution in [0.2, 0.25) is 0 Å². The molecule has 3 atom stereocenters. The summed E-state index contributed by atoms with van der Waals surface area (Å²) in [5.41, 5.74) is 0.327. The van der Waals surface area contributed by atoms with Gasteiger partial charge in [-0.2, -0.15) is 5.26 Å². The van der Waals surface area contributed by atoms with Crippen molar-refractivity contribution in [3.8, 4) is 6.07 Å². The molecule has 0 amide bonds. The predicted octanol–water partition coefficient (Wildman–Crippen LogP) is 4.28. The van der Waals surface area contributed by atoms with Crippen LogP contribution in [0.15, 0.2) is 18.2 Å². The van der Waals surface area contributed by atoms with Crippen molar-refractivity contribution >= 4 is 0 Å². The summed E-state index contributed by atoms with van der Waals surface area (Å²) < 4.78 is 14.0. The van der Waals surface area contributed by atoms with Gasteiger partial charge in [0.25, 0.3) is 0 Å². The molecule has 1 aromatic carbocycles. The Balaban J connectivity index is 2.36. The van der Waals surface area contributed by atoms with Gasteiger partial charge in [-0.25, -0.2) is 4.39 Å². The number of nitriles is 1. The third kappa shape index (κ3) is 2.71. The fraction of sp³-hybridized carbons (Fsp3) is 0.588. The molecule has 3 unspecified atom stereocenters. The SMILES string of the molecule is CCC1CCCC(C#N)(C(O)c2cc(C)ccc2F)C1. The summed E-state index contributed by atoms with van der Waals surface area (Å²) in [7, 11) is 0. The Hall–Kier alpha value is -1.40. The smallest absolute Gasteiger partial charge is 0.129 e. The van der Waals surface area contributed by atoms with Gasteiger partial charge >= 0.3 is 0 Å². The standard InChI is InChI=1S/C17H22FNO/c1-3-13-5-4-8-17(10-13,11-19)16(20)14-9-12(2)6-7-15(14)18/h6-7,9,13,16,20H,3-5,8,10H2,1-2H3. The van der Waals surface area contributed by atoms with E-state index >= 15 is 0 Å². The van der Waals surface area contributed by atoms with Crippen LogP contribution in [-0.2, 0) is 0 Å². The lowest BCUT2D eigenvalue weighted by molar-refractivity contribution is 0.0162. The first kappa shape index (κ1) is 15.0. The van der Waals surface area contributed by atoms with Crippen LogP contribution in [-0.4, -0.2) is 5.11 Å². The van der Waals surface area contributed by atoms with Gasteiger partial charge in [0.15, 0.2) is 0 Å². The number of hydrogen-bond donors (Lipinski definition) is 1. The Bertz CT molecular complexity index is 522. The molecule has 3 heteroatoms. The highest BCUT2D eigenvalue weighted by atomic mass is 19.1. The topological polar surface area (TPSA) is 44.0 Å². The molecular weight excluding hydrogens is 253 g/mol. The van der Waals surface area contributed by atoms with Gasteiger partial charge in [-0.1, -0.05) is 43.9 Å². The number of aliphatic hydroxyl groups is 1. The first-order valence-electron chi connectivity index (χ1n) is 7.38. The van der Waals surface area contributed by atoms with Gasteiger partial charge in [-0.15, -0.1) is 0 Å². The van der Waals surface area contributed by atoms with E-state index in [9.17, 15) is 14.8 Å². The Morgan fingerprint density at radius 1 is 1.55 bits per heavy atom. The lowest BCUT2D eigenvalue weighted by Gasteiger charge is -2.39. The molecule has 0 bridgehead atoms. The molecule has 108 valence electrons. The van der Waals surface area contributed by atoms with Crippen molar-refractivity contribution in [2.24, 2.45) is 11.3 Å². The number of halogens is 1. The van der Waals surface area contributed by atoms with Gasteiger partial charge in [0, 0.05) is 5.56 Å². The third-order valence-corrected chi connectivity index (χ3v) is 4.66. The molecule has 1 fully saturated rings. The van der Waals surface area contributed by atoms with Crippen molar-refractivity contribution < 1.29 is 9.50 Å². The average molecular weight is 275 g/mol. The van der Waals surface area contributed by atoms with E-state index in [-0.39, 0.29) is 5.56 Å². The van der Waals surface area contributed by atoms with Crippen LogP contribution in [0.3, 0.4) is 0 Å². The van der Waals surface area contributed by atoms with E-state index in [0.29, 0.717) is 18.8 Å². The maximum Gasteiger partial charge on any atom is 0.129 e. The normalized spacial score (nSPS) is 27.9. The predicted molar refractivity (Wildman–Crippen MR) is 76.4 cm³/mol. The van der Waals surface area contributed by atoms with E-state index in [1.807, 2.05) is 6.92 Å². The Morgan fingerprint density at radius 2 is 2.30 bits per heavy atom. The molecule has 0 heterocycles. The molecule has 1 aromatic rings. The third-order valence-electron chi connectivity index (χ3n) is 4.66. The van der Waals surface area contributed by atoms with E-state index in [2.05, 4.69) is 13.0 Å². The largest absolute Gasteiger partial charge is 0.387 e. The Labute approximate surface area is 120 Å². The fourth-order valence-corrected chi connectivity index (χ4v) is 3.36. The Kier molecular flexibility index (Phi) is 4.45. The van der Waals surface area contributed by atoms with Gasteiger partial charge in [0.1, 0.15) is 11.9 Å². The van der Waals surface area contributed by atoms with Crippen molar-refractivity contribution in [2.45, 2.75) is 52.1 Å². The van der Waals surface area contributed by atoms with E-state index in [1.54, 1.807) is 12.1 Å². The zero-order valence-electron chi connectivity index (χ0n) is 12.2. The minimum Gasteiger partial charge on any atom is -0.387 e. The van der Waals surface area contributed by atoms with Crippen molar-refractivity contribution in [1.29, 1.82) is 5.26 Å². The van der Waals surface area contributed by atoms with Crippen LogP contribution in [0.1, 0.15) is 56.3 Å². The number of hydrogen-bond acceptors (Lipinski definition) is 2. The summed E-state index contributed by atoms with van der Waals surface area (Å²) in [6.45, 7) is 3.97. The van der Waals surface area contributed by atoms with Gasteiger partial charge in [0.2, 0.25) is 0 Å². The quantitative estimate of drug-likeness (QED) is 0.894. The molecule has 0 saturated heterocycles. The molecule has 0 aliphatic heterocycles. The van der Waals surface area contributed by atoms with Gasteiger partial charge in [-0.3, -0.25) is 0 Å². The maximum atomic E-state index is 14.0. The van der Waals surface area contributed by atoms with Gasteiger partial charge in [-0.05, 0) is 31.7 Å². The van der Waals surface area contributed by atoms with E-state index in [1.165, 1.54) is 6.07 Å². The number of aliphatic hydroxyl groups excluding tert-OH is 1. The summed E-state index contributed by atoms with van der Waals surface area (Å²) in [5.74, 6) is 0.0299. The molecule has 20 heavy (non-hydrogen) atoms. The lowest BCUT2D eigenvalue weighted by atomic mass is 9.65. The minimum absolute atomic E-state index is 0.267.